The van der Waals surface area contributed by atoms with Crippen LogP contribution in [0.5, 0.6) is 5.75 Å². The summed E-state index contributed by atoms with van der Waals surface area (Å²) in [5.74, 6) is -1.47. The fraction of sp³-hybridized carbons (Fsp3) is 0.450. The van der Waals surface area contributed by atoms with Crippen molar-refractivity contribution in [2.75, 3.05) is 26.3 Å². The van der Waals surface area contributed by atoms with E-state index in [0.29, 0.717) is 36.2 Å². The van der Waals surface area contributed by atoms with Gasteiger partial charge in [-0.2, -0.15) is 0 Å². The maximum absolute atomic E-state index is 13.2. The van der Waals surface area contributed by atoms with Gasteiger partial charge < -0.3 is 20.1 Å². The van der Waals surface area contributed by atoms with Crippen LogP contribution in [-0.4, -0.2) is 43.2 Å². The topological polar surface area (TPSA) is 84.8 Å². The lowest BCUT2D eigenvalue weighted by molar-refractivity contribution is 0.0531. The number of rotatable bonds is 9. The number of ether oxygens (including phenoxy) is 2. The molecule has 30 heavy (non-hydrogen) atoms. The maximum Gasteiger partial charge on any atom is 0.350 e. The number of halogens is 2. The normalized spacial score (nSPS) is 12.4. The zero-order chi connectivity index (χ0) is 22.1. The molecule has 0 saturated heterocycles. The van der Waals surface area contributed by atoms with Crippen molar-refractivity contribution in [1.82, 2.24) is 15.6 Å². The number of esters is 1. The molecule has 0 spiro atoms. The quantitative estimate of drug-likeness (QED) is 0.268. The first-order valence-corrected chi connectivity index (χ1v) is 10.4. The standard InChI is InChI=1S/C20H26F2N4O3S/c1-5-23-20(24-9-10-29-14-7-8-15(21)16(22)11-14)26-13(4)18-25-12(3)17(30-18)19(27)28-6-2/h7-8,11,13H,5-6,9-10H2,1-4H3,(H2,23,24,26). The number of aromatic nitrogens is 1. The molecule has 0 radical (unpaired) electrons. The van der Waals surface area contributed by atoms with Gasteiger partial charge in [-0.25, -0.2) is 23.6 Å². The fourth-order valence-electron chi connectivity index (χ4n) is 2.46. The average Bonchev–Trinajstić information content (AvgIpc) is 3.10. The molecule has 2 N–H and O–H groups in total. The van der Waals surface area contributed by atoms with Gasteiger partial charge in [0.15, 0.2) is 17.6 Å². The van der Waals surface area contributed by atoms with Crippen LogP contribution in [0.1, 0.15) is 47.2 Å². The molecule has 0 bridgehead atoms. The number of carbonyl (C=O) groups is 1. The van der Waals surface area contributed by atoms with Crippen molar-refractivity contribution in [3.63, 3.8) is 0 Å². The van der Waals surface area contributed by atoms with Crippen LogP contribution in [0, 0.1) is 18.6 Å². The molecule has 2 aromatic rings. The summed E-state index contributed by atoms with van der Waals surface area (Å²) in [5, 5.41) is 7.09. The van der Waals surface area contributed by atoms with E-state index in [1.807, 2.05) is 13.8 Å². The van der Waals surface area contributed by atoms with Crippen LogP contribution >= 0.6 is 11.3 Å². The van der Waals surface area contributed by atoms with E-state index in [1.165, 1.54) is 17.4 Å². The first-order chi connectivity index (χ1) is 14.3. The van der Waals surface area contributed by atoms with Crippen molar-refractivity contribution >= 4 is 23.3 Å². The van der Waals surface area contributed by atoms with Gasteiger partial charge >= 0.3 is 5.97 Å². The minimum Gasteiger partial charge on any atom is -0.492 e. The van der Waals surface area contributed by atoms with Gasteiger partial charge in [0.1, 0.15) is 22.2 Å². The van der Waals surface area contributed by atoms with Gasteiger partial charge in [-0.1, -0.05) is 0 Å². The molecular formula is C20H26F2N4O3S. The second kappa shape index (κ2) is 11.4. The molecule has 1 aromatic carbocycles. The van der Waals surface area contributed by atoms with E-state index in [2.05, 4.69) is 20.6 Å². The number of hydrogen-bond donors (Lipinski definition) is 2. The number of aliphatic imine (C=N–C) groups is 1. The summed E-state index contributed by atoms with van der Waals surface area (Å²) in [7, 11) is 0. The highest BCUT2D eigenvalue weighted by Crippen LogP contribution is 2.24. The van der Waals surface area contributed by atoms with E-state index in [0.717, 1.165) is 17.1 Å². The van der Waals surface area contributed by atoms with Crippen molar-refractivity contribution < 1.29 is 23.0 Å². The second-order valence-corrected chi connectivity index (χ2v) is 7.27. The number of hydrogen-bond acceptors (Lipinski definition) is 6. The maximum atomic E-state index is 13.2. The van der Waals surface area contributed by atoms with Crippen LogP contribution in [0.25, 0.3) is 0 Å². The monoisotopic (exact) mass is 440 g/mol. The number of thiazole rings is 1. The summed E-state index contributed by atoms with van der Waals surface area (Å²) >= 11 is 1.28. The molecule has 1 heterocycles. The van der Waals surface area contributed by atoms with Gasteiger partial charge in [-0.15, -0.1) is 11.3 Å². The molecule has 1 aromatic heterocycles. The lowest BCUT2D eigenvalue weighted by Gasteiger charge is -2.16. The minimum atomic E-state index is -0.958. The summed E-state index contributed by atoms with van der Waals surface area (Å²) in [6.45, 7) is 8.83. The van der Waals surface area contributed by atoms with Gasteiger partial charge in [-0.05, 0) is 39.8 Å². The van der Waals surface area contributed by atoms with E-state index in [4.69, 9.17) is 9.47 Å². The Morgan fingerprint density at radius 2 is 2.07 bits per heavy atom. The van der Waals surface area contributed by atoms with E-state index in [1.54, 1.807) is 13.8 Å². The van der Waals surface area contributed by atoms with E-state index in [-0.39, 0.29) is 24.4 Å². The SMILES string of the molecule is CCNC(=NCCOc1ccc(F)c(F)c1)NC(C)c1nc(C)c(C(=O)OCC)s1. The van der Waals surface area contributed by atoms with Crippen LogP contribution in [0.15, 0.2) is 23.2 Å². The molecular weight excluding hydrogens is 414 g/mol. The highest BCUT2D eigenvalue weighted by Gasteiger charge is 2.20. The van der Waals surface area contributed by atoms with E-state index < -0.39 is 11.6 Å². The first-order valence-electron chi connectivity index (χ1n) is 9.62. The molecule has 0 saturated carbocycles. The fourth-order valence-corrected chi connectivity index (χ4v) is 3.43. The Balaban J connectivity index is 1.96. The lowest BCUT2D eigenvalue weighted by atomic mass is 10.3. The molecule has 1 unspecified atom stereocenters. The number of guanidine groups is 1. The molecule has 0 amide bonds. The third kappa shape index (κ3) is 6.65. The Morgan fingerprint density at radius 1 is 1.30 bits per heavy atom. The van der Waals surface area contributed by atoms with Crippen LogP contribution in [0.3, 0.4) is 0 Å². The van der Waals surface area contributed by atoms with Crippen molar-refractivity contribution in [3.8, 4) is 5.75 Å². The van der Waals surface area contributed by atoms with Gasteiger partial charge in [0.2, 0.25) is 0 Å². The van der Waals surface area contributed by atoms with Crippen molar-refractivity contribution in [2.45, 2.75) is 33.7 Å². The van der Waals surface area contributed by atoms with Gasteiger partial charge in [0.25, 0.3) is 0 Å². The molecule has 0 aliphatic carbocycles. The lowest BCUT2D eigenvalue weighted by Crippen LogP contribution is -2.39. The number of carbonyl (C=O) groups excluding carboxylic acids is 1. The summed E-state index contributed by atoms with van der Waals surface area (Å²) in [5.41, 5.74) is 0.629. The molecule has 2 rings (SSSR count). The molecule has 0 fully saturated rings. The smallest absolute Gasteiger partial charge is 0.350 e. The molecule has 164 valence electrons. The molecule has 7 nitrogen and oxygen atoms in total. The van der Waals surface area contributed by atoms with Gasteiger partial charge in [-0.3, -0.25) is 0 Å². The minimum absolute atomic E-state index is 0.193. The van der Waals surface area contributed by atoms with E-state index >= 15 is 0 Å². The summed E-state index contributed by atoms with van der Waals surface area (Å²) in [6, 6.07) is 3.18. The van der Waals surface area contributed by atoms with Crippen molar-refractivity contribution in [1.29, 1.82) is 0 Å². The first kappa shape index (κ1) is 23.5. The molecule has 0 aliphatic rings. The predicted octanol–water partition coefficient (Wildman–Crippen LogP) is 3.60. The van der Waals surface area contributed by atoms with Gasteiger partial charge in [0.05, 0.1) is 24.9 Å². The summed E-state index contributed by atoms with van der Waals surface area (Å²) < 4.78 is 36.6. The molecule has 10 heteroatoms. The predicted molar refractivity (Wildman–Crippen MR) is 112 cm³/mol. The Labute approximate surface area is 178 Å². The summed E-state index contributed by atoms with van der Waals surface area (Å²) in [4.78, 5) is 21.4. The third-order valence-electron chi connectivity index (χ3n) is 3.86. The average molecular weight is 441 g/mol. The zero-order valence-corrected chi connectivity index (χ0v) is 18.2. The number of benzene rings is 1. The third-order valence-corrected chi connectivity index (χ3v) is 5.18. The number of nitrogens with zero attached hydrogens (tertiary/aromatic N) is 2. The van der Waals surface area contributed by atoms with E-state index in [9.17, 15) is 13.6 Å². The van der Waals surface area contributed by atoms with Crippen LogP contribution in [0.2, 0.25) is 0 Å². The largest absolute Gasteiger partial charge is 0.492 e. The van der Waals surface area contributed by atoms with Crippen molar-refractivity contribution in [3.05, 3.63) is 45.4 Å². The Kier molecular flexibility index (Phi) is 8.97. The molecule has 1 atom stereocenters. The number of aryl methyl sites for hydroxylation is 1. The second-order valence-electron chi connectivity index (χ2n) is 6.24. The van der Waals surface area contributed by atoms with Crippen LogP contribution in [-0.2, 0) is 4.74 Å². The van der Waals surface area contributed by atoms with Crippen molar-refractivity contribution in [2.24, 2.45) is 4.99 Å². The summed E-state index contributed by atoms with van der Waals surface area (Å²) in [6.07, 6.45) is 0. The molecule has 0 aliphatic heterocycles. The zero-order valence-electron chi connectivity index (χ0n) is 17.4. The van der Waals surface area contributed by atoms with Crippen LogP contribution < -0.4 is 15.4 Å². The number of nitrogens with one attached hydrogen (secondary N) is 2. The van der Waals surface area contributed by atoms with Crippen LogP contribution in [0.4, 0.5) is 8.78 Å². The Hall–Kier alpha value is -2.75. The highest BCUT2D eigenvalue weighted by molar-refractivity contribution is 7.13. The van der Waals surface area contributed by atoms with Gasteiger partial charge in [0, 0.05) is 12.6 Å². The Bertz CT molecular complexity index is 889. The highest BCUT2D eigenvalue weighted by atomic mass is 32.1. The Morgan fingerprint density at radius 3 is 2.73 bits per heavy atom.